The zero-order chi connectivity index (χ0) is 16.2. The minimum atomic E-state index is -0.279. The van der Waals surface area contributed by atoms with Crippen LogP contribution in [0.3, 0.4) is 0 Å². The molecule has 0 saturated heterocycles. The van der Waals surface area contributed by atoms with E-state index in [4.69, 9.17) is 16.3 Å². The predicted molar refractivity (Wildman–Crippen MR) is 92.1 cm³/mol. The van der Waals surface area contributed by atoms with Crippen LogP contribution in [0.5, 0.6) is 11.5 Å². The van der Waals surface area contributed by atoms with E-state index in [1.807, 2.05) is 18.2 Å². The Morgan fingerprint density at radius 2 is 2.09 bits per heavy atom. The number of carbonyl (C=O) groups excluding carboxylic acids is 1. The van der Waals surface area contributed by atoms with Crippen molar-refractivity contribution in [3.05, 3.63) is 72.4 Å². The largest absolute Gasteiger partial charge is 0.455 e. The molecule has 2 aromatic carbocycles. The number of anilines is 1. The van der Waals surface area contributed by atoms with Gasteiger partial charge in [-0.25, -0.2) is 0 Å². The van der Waals surface area contributed by atoms with Gasteiger partial charge >= 0.3 is 0 Å². The summed E-state index contributed by atoms with van der Waals surface area (Å²) in [6.45, 7) is 3.45. The SMILES string of the molecule is C=CC(=O)Nc1ccc(Oc2cccc(Cl)c2)c2ncccc12. The van der Waals surface area contributed by atoms with Crippen molar-refractivity contribution < 1.29 is 9.53 Å². The van der Waals surface area contributed by atoms with E-state index < -0.39 is 0 Å². The number of halogens is 1. The van der Waals surface area contributed by atoms with Gasteiger partial charge in [-0.3, -0.25) is 9.78 Å². The summed E-state index contributed by atoms with van der Waals surface area (Å²) in [5.74, 6) is 0.922. The Bertz CT molecular complexity index is 893. The van der Waals surface area contributed by atoms with Gasteiger partial charge in [-0.15, -0.1) is 0 Å². The summed E-state index contributed by atoms with van der Waals surface area (Å²) in [6.07, 6.45) is 2.89. The molecule has 0 bridgehead atoms. The summed E-state index contributed by atoms with van der Waals surface area (Å²) in [4.78, 5) is 15.9. The number of carbonyl (C=O) groups is 1. The third-order valence-corrected chi connectivity index (χ3v) is 3.43. The van der Waals surface area contributed by atoms with Crippen LogP contribution >= 0.6 is 11.6 Å². The summed E-state index contributed by atoms with van der Waals surface area (Å²) < 4.78 is 5.88. The molecule has 0 unspecified atom stereocenters. The van der Waals surface area contributed by atoms with Crippen molar-refractivity contribution in [2.45, 2.75) is 0 Å². The zero-order valence-electron chi connectivity index (χ0n) is 12.1. The van der Waals surface area contributed by atoms with E-state index in [9.17, 15) is 4.79 Å². The summed E-state index contributed by atoms with van der Waals surface area (Å²) in [5.41, 5.74) is 1.30. The van der Waals surface area contributed by atoms with Crippen LogP contribution in [-0.2, 0) is 4.79 Å². The quantitative estimate of drug-likeness (QED) is 0.701. The molecule has 4 nitrogen and oxygen atoms in total. The third-order valence-electron chi connectivity index (χ3n) is 3.20. The van der Waals surface area contributed by atoms with Crippen LogP contribution < -0.4 is 10.1 Å². The zero-order valence-corrected chi connectivity index (χ0v) is 12.9. The van der Waals surface area contributed by atoms with Crippen LogP contribution in [-0.4, -0.2) is 10.9 Å². The first-order valence-electron chi connectivity index (χ1n) is 6.92. The molecule has 5 heteroatoms. The highest BCUT2D eigenvalue weighted by molar-refractivity contribution is 6.30. The van der Waals surface area contributed by atoms with Gasteiger partial charge in [0.2, 0.25) is 5.91 Å². The highest BCUT2D eigenvalue weighted by atomic mass is 35.5. The van der Waals surface area contributed by atoms with E-state index >= 15 is 0 Å². The Kier molecular flexibility index (Phi) is 4.26. The number of amides is 1. The van der Waals surface area contributed by atoms with Crippen molar-refractivity contribution in [1.82, 2.24) is 4.98 Å². The predicted octanol–water partition coefficient (Wildman–Crippen LogP) is 4.81. The molecule has 114 valence electrons. The lowest BCUT2D eigenvalue weighted by atomic mass is 10.1. The van der Waals surface area contributed by atoms with E-state index in [1.165, 1.54) is 6.08 Å². The highest BCUT2D eigenvalue weighted by Gasteiger charge is 2.10. The second-order valence-electron chi connectivity index (χ2n) is 4.76. The van der Waals surface area contributed by atoms with Gasteiger partial charge in [-0.05, 0) is 48.5 Å². The number of nitrogens with one attached hydrogen (secondary N) is 1. The molecule has 1 amide bonds. The number of aromatic nitrogens is 1. The molecule has 0 fully saturated rings. The number of fused-ring (bicyclic) bond motifs is 1. The van der Waals surface area contributed by atoms with Crippen molar-refractivity contribution in [3.63, 3.8) is 0 Å². The monoisotopic (exact) mass is 324 g/mol. The first kappa shape index (κ1) is 15.1. The Morgan fingerprint density at radius 3 is 2.87 bits per heavy atom. The van der Waals surface area contributed by atoms with Crippen LogP contribution in [0.25, 0.3) is 10.9 Å². The lowest BCUT2D eigenvalue weighted by Gasteiger charge is -2.12. The Morgan fingerprint density at radius 1 is 1.22 bits per heavy atom. The summed E-state index contributed by atoms with van der Waals surface area (Å²) in [6, 6.07) is 14.3. The molecule has 0 aliphatic rings. The van der Waals surface area contributed by atoms with Gasteiger partial charge < -0.3 is 10.1 Å². The third kappa shape index (κ3) is 3.33. The smallest absolute Gasteiger partial charge is 0.247 e. The molecule has 23 heavy (non-hydrogen) atoms. The topological polar surface area (TPSA) is 51.2 Å². The van der Waals surface area contributed by atoms with E-state index in [-0.39, 0.29) is 5.91 Å². The van der Waals surface area contributed by atoms with Crippen molar-refractivity contribution in [1.29, 1.82) is 0 Å². The molecule has 0 saturated carbocycles. The number of pyridine rings is 1. The summed E-state index contributed by atoms with van der Waals surface area (Å²) in [5, 5.41) is 4.13. The molecule has 1 aromatic heterocycles. The lowest BCUT2D eigenvalue weighted by molar-refractivity contribution is -0.111. The molecule has 1 heterocycles. The van der Waals surface area contributed by atoms with Gasteiger partial charge in [0.25, 0.3) is 0 Å². The molecule has 0 aliphatic heterocycles. The second kappa shape index (κ2) is 6.50. The van der Waals surface area contributed by atoms with Crippen molar-refractivity contribution in [2.24, 2.45) is 0 Å². The Hall–Kier alpha value is -2.85. The average Bonchev–Trinajstić information content (AvgIpc) is 2.57. The van der Waals surface area contributed by atoms with Crippen LogP contribution in [0.15, 0.2) is 67.4 Å². The van der Waals surface area contributed by atoms with Gasteiger partial charge in [0.1, 0.15) is 11.3 Å². The van der Waals surface area contributed by atoms with Gasteiger partial charge in [0.05, 0.1) is 5.69 Å². The first-order valence-corrected chi connectivity index (χ1v) is 7.30. The van der Waals surface area contributed by atoms with Crippen LogP contribution in [0.2, 0.25) is 5.02 Å². The molecular formula is C18H13ClN2O2. The van der Waals surface area contributed by atoms with Crippen molar-refractivity contribution in [2.75, 3.05) is 5.32 Å². The van der Waals surface area contributed by atoms with Crippen LogP contribution in [0.4, 0.5) is 5.69 Å². The van der Waals surface area contributed by atoms with E-state index in [0.717, 1.165) is 5.39 Å². The van der Waals surface area contributed by atoms with E-state index in [0.29, 0.717) is 27.7 Å². The number of benzene rings is 2. The van der Waals surface area contributed by atoms with Gasteiger partial charge in [-0.2, -0.15) is 0 Å². The molecule has 0 radical (unpaired) electrons. The lowest BCUT2D eigenvalue weighted by Crippen LogP contribution is -2.07. The molecule has 0 spiro atoms. The average molecular weight is 325 g/mol. The number of hydrogen-bond donors (Lipinski definition) is 1. The Balaban J connectivity index is 2.04. The van der Waals surface area contributed by atoms with Gasteiger partial charge in [-0.1, -0.05) is 24.2 Å². The maximum Gasteiger partial charge on any atom is 0.247 e. The summed E-state index contributed by atoms with van der Waals surface area (Å²) in [7, 11) is 0. The summed E-state index contributed by atoms with van der Waals surface area (Å²) >= 11 is 5.98. The number of nitrogens with zero attached hydrogens (tertiary/aromatic N) is 1. The van der Waals surface area contributed by atoms with E-state index in [1.54, 1.807) is 36.5 Å². The number of rotatable bonds is 4. The fourth-order valence-electron chi connectivity index (χ4n) is 2.18. The molecule has 3 rings (SSSR count). The standard InChI is InChI=1S/C18H13ClN2O2/c1-2-17(22)21-15-8-9-16(18-14(15)7-4-10-20-18)23-13-6-3-5-12(19)11-13/h2-11H,1H2,(H,21,22). The molecule has 3 aromatic rings. The Labute approximate surface area is 138 Å². The highest BCUT2D eigenvalue weighted by Crippen LogP contribution is 2.33. The molecule has 0 atom stereocenters. The minimum Gasteiger partial charge on any atom is -0.455 e. The maximum atomic E-state index is 11.5. The van der Waals surface area contributed by atoms with Gasteiger partial charge in [0, 0.05) is 16.6 Å². The molecule has 1 N–H and O–H groups in total. The van der Waals surface area contributed by atoms with Crippen molar-refractivity contribution in [3.8, 4) is 11.5 Å². The van der Waals surface area contributed by atoms with Crippen molar-refractivity contribution >= 4 is 34.1 Å². The number of ether oxygens (including phenoxy) is 1. The fraction of sp³-hybridized carbons (Fsp3) is 0. The van der Waals surface area contributed by atoms with E-state index in [2.05, 4.69) is 16.9 Å². The molecular weight excluding hydrogens is 312 g/mol. The first-order chi connectivity index (χ1) is 11.2. The number of hydrogen-bond acceptors (Lipinski definition) is 3. The second-order valence-corrected chi connectivity index (χ2v) is 5.20. The minimum absolute atomic E-state index is 0.279. The van der Waals surface area contributed by atoms with Crippen LogP contribution in [0.1, 0.15) is 0 Å². The maximum absolute atomic E-state index is 11.5. The molecule has 0 aliphatic carbocycles. The fourth-order valence-corrected chi connectivity index (χ4v) is 2.36. The normalized spacial score (nSPS) is 10.3. The van der Waals surface area contributed by atoms with Crippen LogP contribution in [0, 0.1) is 0 Å². The van der Waals surface area contributed by atoms with Gasteiger partial charge in [0.15, 0.2) is 5.75 Å².